The Hall–Kier alpha value is -1.87. The number of benzene rings is 1. The molecule has 0 aliphatic heterocycles. The molecule has 0 N–H and O–H groups in total. The minimum Gasteiger partial charge on any atom is -0.377 e. The van der Waals surface area contributed by atoms with Crippen molar-refractivity contribution >= 4 is 0 Å². The Morgan fingerprint density at radius 1 is 1.18 bits per heavy atom. The van der Waals surface area contributed by atoms with Gasteiger partial charge in [-0.3, -0.25) is 0 Å². The fourth-order valence-corrected chi connectivity index (χ4v) is 2.27. The first-order chi connectivity index (χ1) is 10.7. The maximum Gasteiger partial charge on any atom is 0.244 e. The quantitative estimate of drug-likeness (QED) is 0.538. The van der Waals surface area contributed by atoms with Crippen LogP contribution in [0.25, 0.3) is 0 Å². The lowest BCUT2D eigenvalue weighted by atomic mass is 10.1. The molecule has 3 nitrogen and oxygen atoms in total. The minimum atomic E-state index is 0.609. The third kappa shape index (κ3) is 5.49. The highest BCUT2D eigenvalue weighted by Gasteiger charge is 2.04. The Morgan fingerprint density at radius 2 is 1.91 bits per heavy atom. The first-order valence-electron chi connectivity index (χ1n) is 8.04. The van der Waals surface area contributed by atoms with E-state index in [2.05, 4.69) is 78.1 Å². The van der Waals surface area contributed by atoms with E-state index in [1.807, 2.05) is 6.92 Å². The van der Waals surface area contributed by atoms with Crippen LogP contribution in [0.2, 0.25) is 0 Å². The van der Waals surface area contributed by atoms with Gasteiger partial charge in [-0.1, -0.05) is 44.2 Å². The molecule has 1 heterocycles. The number of aromatic nitrogens is 2. The number of ether oxygens (including phenoxy) is 1. The second kappa shape index (κ2) is 8.54. The fourth-order valence-electron chi connectivity index (χ4n) is 2.27. The highest BCUT2D eigenvalue weighted by Crippen LogP contribution is 2.05. The average Bonchev–Trinajstić information content (AvgIpc) is 2.94. The van der Waals surface area contributed by atoms with E-state index >= 15 is 0 Å². The van der Waals surface area contributed by atoms with E-state index in [1.54, 1.807) is 0 Å². The summed E-state index contributed by atoms with van der Waals surface area (Å²) >= 11 is 0. The SMILES string of the molecule is CCOCc1ccc(C[n+]2ccn(C/C=C/C(C)C)c2)cc1. The lowest BCUT2D eigenvalue weighted by Crippen LogP contribution is -2.31. The third-order valence-corrected chi connectivity index (χ3v) is 3.44. The molecule has 0 saturated heterocycles. The van der Waals surface area contributed by atoms with Gasteiger partial charge in [-0.2, -0.15) is 0 Å². The Kier molecular flexibility index (Phi) is 6.41. The van der Waals surface area contributed by atoms with Crippen LogP contribution in [0.4, 0.5) is 0 Å². The molecule has 22 heavy (non-hydrogen) atoms. The van der Waals surface area contributed by atoms with Gasteiger partial charge in [0, 0.05) is 6.61 Å². The Morgan fingerprint density at radius 3 is 2.59 bits per heavy atom. The molecule has 0 bridgehead atoms. The van der Waals surface area contributed by atoms with Crippen LogP contribution in [-0.4, -0.2) is 11.2 Å². The van der Waals surface area contributed by atoms with E-state index in [4.69, 9.17) is 4.74 Å². The Balaban J connectivity index is 1.89. The molecule has 2 rings (SSSR count). The van der Waals surface area contributed by atoms with Gasteiger partial charge in [0.05, 0.1) is 6.61 Å². The van der Waals surface area contributed by atoms with Crippen LogP contribution < -0.4 is 4.57 Å². The molecule has 0 aliphatic rings. The Labute approximate surface area is 133 Å². The van der Waals surface area contributed by atoms with E-state index in [0.717, 1.165) is 19.7 Å². The molecule has 0 spiro atoms. The van der Waals surface area contributed by atoms with Crippen LogP contribution in [-0.2, 0) is 24.4 Å². The second-order valence-corrected chi connectivity index (χ2v) is 5.91. The number of hydrogen-bond acceptors (Lipinski definition) is 1. The van der Waals surface area contributed by atoms with Gasteiger partial charge in [0.25, 0.3) is 0 Å². The third-order valence-electron chi connectivity index (χ3n) is 3.44. The molecule has 0 amide bonds. The molecule has 0 atom stereocenters. The molecule has 0 fully saturated rings. The van der Waals surface area contributed by atoms with Crippen molar-refractivity contribution in [2.45, 2.75) is 40.5 Å². The molecule has 1 aromatic heterocycles. The van der Waals surface area contributed by atoms with E-state index < -0.39 is 0 Å². The normalized spacial score (nSPS) is 11.6. The molecular weight excluding hydrogens is 272 g/mol. The number of nitrogens with zero attached hydrogens (tertiary/aromatic N) is 2. The first-order valence-corrected chi connectivity index (χ1v) is 8.04. The van der Waals surface area contributed by atoms with E-state index in [9.17, 15) is 0 Å². The summed E-state index contributed by atoms with van der Waals surface area (Å²) in [6.07, 6.45) is 10.9. The minimum absolute atomic E-state index is 0.609. The van der Waals surface area contributed by atoms with Gasteiger partial charge < -0.3 is 4.74 Å². The summed E-state index contributed by atoms with van der Waals surface area (Å²) < 4.78 is 9.83. The zero-order chi connectivity index (χ0) is 15.8. The summed E-state index contributed by atoms with van der Waals surface area (Å²) in [5, 5.41) is 0. The first kappa shape index (κ1) is 16.5. The lowest BCUT2D eigenvalue weighted by molar-refractivity contribution is -0.687. The van der Waals surface area contributed by atoms with Gasteiger partial charge in [0.15, 0.2) is 0 Å². The molecular formula is C19H27N2O+. The van der Waals surface area contributed by atoms with Crippen LogP contribution in [0.1, 0.15) is 31.9 Å². The van der Waals surface area contributed by atoms with Gasteiger partial charge in [0.1, 0.15) is 25.5 Å². The van der Waals surface area contributed by atoms with Crippen LogP contribution >= 0.6 is 0 Å². The lowest BCUT2D eigenvalue weighted by Gasteiger charge is -2.03. The molecule has 0 saturated carbocycles. The maximum atomic E-state index is 5.42. The zero-order valence-corrected chi connectivity index (χ0v) is 13.9. The summed E-state index contributed by atoms with van der Waals surface area (Å²) in [5.41, 5.74) is 2.53. The van der Waals surface area contributed by atoms with Crippen LogP contribution in [0.3, 0.4) is 0 Å². The van der Waals surface area contributed by atoms with Crippen molar-refractivity contribution < 1.29 is 9.30 Å². The highest BCUT2D eigenvalue weighted by molar-refractivity contribution is 5.21. The predicted molar refractivity (Wildman–Crippen MR) is 89.5 cm³/mol. The monoisotopic (exact) mass is 299 g/mol. The standard InChI is InChI=1S/C19H27N2O/c1-4-22-15-19-9-7-18(8-10-19)14-21-13-12-20(16-21)11-5-6-17(2)3/h5-10,12-13,16-17H,4,11,14-15H2,1-3H3/q+1/b6-5+. The van der Waals surface area contributed by atoms with Crippen LogP contribution in [0.15, 0.2) is 55.1 Å². The van der Waals surface area contributed by atoms with Crippen molar-refractivity contribution in [3.63, 3.8) is 0 Å². The topological polar surface area (TPSA) is 18.0 Å². The van der Waals surface area contributed by atoms with Crippen molar-refractivity contribution in [1.82, 2.24) is 4.57 Å². The van der Waals surface area contributed by atoms with Crippen LogP contribution in [0.5, 0.6) is 0 Å². The van der Waals surface area contributed by atoms with Crippen LogP contribution in [0, 0.1) is 5.92 Å². The van der Waals surface area contributed by atoms with E-state index in [-0.39, 0.29) is 0 Å². The molecule has 0 radical (unpaired) electrons. The summed E-state index contributed by atoms with van der Waals surface area (Å²) in [4.78, 5) is 0. The second-order valence-electron chi connectivity index (χ2n) is 5.91. The van der Waals surface area contributed by atoms with Crippen molar-refractivity contribution in [2.24, 2.45) is 5.92 Å². The summed E-state index contributed by atoms with van der Waals surface area (Å²) in [7, 11) is 0. The largest absolute Gasteiger partial charge is 0.377 e. The average molecular weight is 299 g/mol. The molecule has 0 aliphatic carbocycles. The van der Waals surface area contributed by atoms with Crippen molar-refractivity contribution in [1.29, 1.82) is 0 Å². The molecule has 1 aromatic carbocycles. The van der Waals surface area contributed by atoms with Crippen molar-refractivity contribution in [2.75, 3.05) is 6.61 Å². The highest BCUT2D eigenvalue weighted by atomic mass is 16.5. The molecule has 3 heteroatoms. The zero-order valence-electron chi connectivity index (χ0n) is 13.9. The van der Waals surface area contributed by atoms with Crippen molar-refractivity contribution in [3.8, 4) is 0 Å². The predicted octanol–water partition coefficient (Wildman–Crippen LogP) is 3.57. The molecule has 0 unspecified atom stereocenters. The number of imidazole rings is 1. The number of allylic oxidation sites excluding steroid dienone is 2. The van der Waals surface area contributed by atoms with Gasteiger partial charge in [0.2, 0.25) is 6.33 Å². The number of rotatable bonds is 8. The van der Waals surface area contributed by atoms with E-state index in [1.165, 1.54) is 11.1 Å². The Bertz CT molecular complexity index is 582. The molecule has 2 aromatic rings. The maximum absolute atomic E-state index is 5.42. The van der Waals surface area contributed by atoms with Gasteiger partial charge >= 0.3 is 0 Å². The summed E-state index contributed by atoms with van der Waals surface area (Å²) in [5.74, 6) is 0.609. The summed E-state index contributed by atoms with van der Waals surface area (Å²) in [6, 6.07) is 8.65. The smallest absolute Gasteiger partial charge is 0.244 e. The van der Waals surface area contributed by atoms with Gasteiger partial charge in [-0.25, -0.2) is 9.13 Å². The van der Waals surface area contributed by atoms with Gasteiger partial charge in [-0.05, 0) is 30.0 Å². The summed E-state index contributed by atoms with van der Waals surface area (Å²) in [6.45, 7) is 9.70. The fraction of sp³-hybridized carbons (Fsp3) is 0.421. The van der Waals surface area contributed by atoms with Gasteiger partial charge in [-0.15, -0.1) is 0 Å². The van der Waals surface area contributed by atoms with E-state index in [0.29, 0.717) is 12.5 Å². The van der Waals surface area contributed by atoms with Crippen molar-refractivity contribution in [3.05, 3.63) is 66.3 Å². The molecule has 118 valence electrons. The number of hydrogen-bond donors (Lipinski definition) is 0.